The van der Waals surface area contributed by atoms with E-state index in [2.05, 4.69) is 25.6 Å². The number of anilines is 3. The summed E-state index contributed by atoms with van der Waals surface area (Å²) in [5.74, 6) is 1.24. The zero-order valence-corrected chi connectivity index (χ0v) is 16.3. The number of benzene rings is 1. The second-order valence-electron chi connectivity index (χ2n) is 6.62. The smallest absolute Gasteiger partial charge is 0.211 e. The number of ether oxygens (including phenoxy) is 1. The van der Waals surface area contributed by atoms with Crippen molar-refractivity contribution in [2.75, 3.05) is 23.4 Å². The van der Waals surface area contributed by atoms with Crippen LogP contribution in [0.1, 0.15) is 22.7 Å². The van der Waals surface area contributed by atoms with Crippen molar-refractivity contribution in [3.63, 3.8) is 0 Å². The number of nitrogen functional groups attached to an aromatic ring is 2. The number of fused-ring (bicyclic) bond motifs is 1. The Morgan fingerprint density at radius 2 is 2.03 bits per heavy atom. The number of nitrogens with two attached hydrogens (primary N) is 2. The molecule has 1 aliphatic rings. The van der Waals surface area contributed by atoms with Gasteiger partial charge < -0.3 is 26.1 Å². The average Bonchev–Trinajstić information content (AvgIpc) is 3.28. The van der Waals surface area contributed by atoms with E-state index in [9.17, 15) is 5.26 Å². The van der Waals surface area contributed by atoms with Gasteiger partial charge in [-0.25, -0.2) is 15.0 Å². The van der Waals surface area contributed by atoms with Crippen molar-refractivity contribution in [1.82, 2.24) is 19.9 Å². The summed E-state index contributed by atoms with van der Waals surface area (Å²) in [5.41, 5.74) is 13.7. The second-order valence-corrected chi connectivity index (χ2v) is 6.62. The van der Waals surface area contributed by atoms with Crippen molar-refractivity contribution in [1.29, 1.82) is 10.5 Å². The maximum Gasteiger partial charge on any atom is 0.211 e. The first-order chi connectivity index (χ1) is 15.1. The minimum Gasteiger partial charge on any atom is -0.492 e. The molecular formula is C20H18N10O. The molecule has 0 saturated heterocycles. The first-order valence-electron chi connectivity index (χ1n) is 9.28. The molecular weight excluding hydrogens is 396 g/mol. The summed E-state index contributed by atoms with van der Waals surface area (Å²) in [6.07, 6.45) is 7.14. The van der Waals surface area contributed by atoms with Gasteiger partial charge in [-0.15, -0.1) is 0 Å². The van der Waals surface area contributed by atoms with Crippen molar-refractivity contribution >= 4 is 23.3 Å². The molecule has 0 bridgehead atoms. The molecule has 0 fully saturated rings. The van der Waals surface area contributed by atoms with Gasteiger partial charge in [-0.1, -0.05) is 12.1 Å². The zero-order chi connectivity index (χ0) is 21.8. The van der Waals surface area contributed by atoms with Gasteiger partial charge in [0.25, 0.3) is 0 Å². The standard InChI is InChI=1S/C20H18N10O/c21-9-14-16(23)15-17(27-20(26-10-22)29-19(15)28-18(14)24)12-1-3-13(4-2-12)31-8-7-30-6-5-25-11-30/h1-6,11,17H,7-8H2,(H6,23,24,26,27,28,29). The lowest BCUT2D eigenvalue weighted by molar-refractivity contribution is 0.298. The molecule has 4 rings (SSSR count). The minimum atomic E-state index is -0.590. The molecule has 31 heavy (non-hydrogen) atoms. The molecule has 0 spiro atoms. The van der Waals surface area contributed by atoms with Crippen molar-refractivity contribution in [3.8, 4) is 18.0 Å². The fraction of sp³-hybridized carbons (Fsp3) is 0.150. The first kappa shape index (κ1) is 19.5. The van der Waals surface area contributed by atoms with Crippen LogP contribution in [-0.4, -0.2) is 27.1 Å². The number of imidazole rings is 1. The van der Waals surface area contributed by atoms with Gasteiger partial charge >= 0.3 is 0 Å². The molecule has 0 saturated carbocycles. The van der Waals surface area contributed by atoms with Crippen molar-refractivity contribution in [3.05, 3.63) is 59.7 Å². The number of hydrogen-bond donors (Lipinski definition) is 4. The maximum atomic E-state index is 9.40. The molecule has 1 aliphatic heterocycles. The fourth-order valence-electron chi connectivity index (χ4n) is 3.26. The number of hydrogen-bond acceptors (Lipinski definition) is 10. The van der Waals surface area contributed by atoms with Gasteiger partial charge in [0.15, 0.2) is 6.19 Å². The van der Waals surface area contributed by atoms with Crippen molar-refractivity contribution in [2.45, 2.75) is 12.6 Å². The molecule has 3 heterocycles. The second kappa shape index (κ2) is 8.31. The van der Waals surface area contributed by atoms with Gasteiger partial charge in [-0.3, -0.25) is 5.32 Å². The normalized spacial score (nSPS) is 14.4. The highest BCUT2D eigenvalue weighted by atomic mass is 16.5. The van der Waals surface area contributed by atoms with Crippen LogP contribution in [0.2, 0.25) is 0 Å². The average molecular weight is 414 g/mol. The number of guanidine groups is 1. The predicted molar refractivity (Wildman–Crippen MR) is 114 cm³/mol. The van der Waals surface area contributed by atoms with Gasteiger partial charge in [0.1, 0.15) is 41.7 Å². The van der Waals surface area contributed by atoms with Gasteiger partial charge in [0.05, 0.1) is 18.6 Å². The molecule has 1 aromatic carbocycles. The number of nitriles is 2. The zero-order valence-electron chi connectivity index (χ0n) is 16.3. The van der Waals surface area contributed by atoms with E-state index in [1.165, 1.54) is 0 Å². The number of aliphatic imine (C=N–C) groups is 1. The molecule has 11 heteroatoms. The predicted octanol–water partition coefficient (Wildman–Crippen LogP) is 1.33. The van der Waals surface area contributed by atoms with Gasteiger partial charge in [-0.05, 0) is 17.7 Å². The maximum absolute atomic E-state index is 9.40. The van der Waals surface area contributed by atoms with E-state index in [4.69, 9.17) is 21.5 Å². The summed E-state index contributed by atoms with van der Waals surface area (Å²) in [7, 11) is 0. The van der Waals surface area contributed by atoms with E-state index in [0.717, 1.165) is 5.56 Å². The molecule has 11 nitrogen and oxygen atoms in total. The van der Waals surface area contributed by atoms with Crippen LogP contribution in [0, 0.1) is 22.8 Å². The Morgan fingerprint density at radius 3 is 2.71 bits per heavy atom. The molecule has 0 aliphatic carbocycles. The van der Waals surface area contributed by atoms with Crippen LogP contribution >= 0.6 is 0 Å². The van der Waals surface area contributed by atoms with E-state index in [0.29, 0.717) is 30.3 Å². The minimum absolute atomic E-state index is 0.00449. The lowest BCUT2D eigenvalue weighted by Gasteiger charge is -2.26. The summed E-state index contributed by atoms with van der Waals surface area (Å²) >= 11 is 0. The van der Waals surface area contributed by atoms with E-state index in [1.54, 1.807) is 12.5 Å². The fourth-order valence-corrected chi connectivity index (χ4v) is 3.26. The van der Waals surface area contributed by atoms with Crippen LogP contribution in [0.4, 0.5) is 17.3 Å². The van der Waals surface area contributed by atoms with Crippen LogP contribution in [0.3, 0.4) is 0 Å². The molecule has 1 atom stereocenters. The molecule has 6 N–H and O–H groups in total. The third kappa shape index (κ3) is 3.88. The highest BCUT2D eigenvalue weighted by molar-refractivity contribution is 5.98. The molecule has 0 radical (unpaired) electrons. The molecule has 154 valence electrons. The Bertz CT molecular complexity index is 1200. The molecule has 3 aromatic rings. The van der Waals surface area contributed by atoms with Crippen molar-refractivity contribution in [2.24, 2.45) is 4.99 Å². The number of nitrogens with one attached hydrogen (secondary N) is 2. The highest BCUT2D eigenvalue weighted by Gasteiger charge is 2.29. The Hall–Kier alpha value is -4.77. The van der Waals surface area contributed by atoms with Crippen LogP contribution < -0.4 is 26.8 Å². The van der Waals surface area contributed by atoms with Crippen LogP contribution in [0.15, 0.2) is 48.0 Å². The third-order valence-corrected chi connectivity index (χ3v) is 4.73. The summed E-state index contributed by atoms with van der Waals surface area (Å²) in [6, 6.07) is 8.74. The lowest BCUT2D eigenvalue weighted by atomic mass is 9.95. The first-order valence-corrected chi connectivity index (χ1v) is 9.28. The van der Waals surface area contributed by atoms with Crippen LogP contribution in [-0.2, 0) is 6.54 Å². The lowest BCUT2D eigenvalue weighted by Crippen LogP contribution is -2.32. The summed E-state index contributed by atoms with van der Waals surface area (Å²) in [6.45, 7) is 1.17. The van der Waals surface area contributed by atoms with Gasteiger partial charge in [0.2, 0.25) is 5.96 Å². The Labute approximate surface area is 177 Å². The molecule has 0 amide bonds. The Morgan fingerprint density at radius 1 is 1.23 bits per heavy atom. The molecule has 2 aromatic heterocycles. The summed E-state index contributed by atoms with van der Waals surface area (Å²) < 4.78 is 7.70. The number of pyridine rings is 1. The molecule has 1 unspecified atom stereocenters. The highest BCUT2D eigenvalue weighted by Crippen LogP contribution is 2.40. The third-order valence-electron chi connectivity index (χ3n) is 4.73. The van der Waals surface area contributed by atoms with Crippen LogP contribution in [0.5, 0.6) is 5.75 Å². The monoisotopic (exact) mass is 414 g/mol. The van der Waals surface area contributed by atoms with E-state index < -0.39 is 6.04 Å². The Kier molecular flexibility index (Phi) is 5.24. The van der Waals surface area contributed by atoms with Gasteiger partial charge in [0, 0.05) is 18.0 Å². The largest absolute Gasteiger partial charge is 0.492 e. The van der Waals surface area contributed by atoms with Crippen molar-refractivity contribution < 1.29 is 4.74 Å². The van der Waals surface area contributed by atoms with E-state index in [-0.39, 0.29) is 23.0 Å². The summed E-state index contributed by atoms with van der Waals surface area (Å²) in [4.78, 5) is 12.8. The topological polar surface area (TPSA) is 176 Å². The number of nitrogens with zero attached hydrogens (tertiary/aromatic N) is 6. The van der Waals surface area contributed by atoms with Crippen LogP contribution in [0.25, 0.3) is 0 Å². The van der Waals surface area contributed by atoms with E-state index in [1.807, 2.05) is 47.3 Å². The van der Waals surface area contributed by atoms with E-state index >= 15 is 0 Å². The number of rotatable bonds is 5. The summed E-state index contributed by atoms with van der Waals surface area (Å²) in [5, 5.41) is 23.7. The Balaban J connectivity index is 1.62. The van der Waals surface area contributed by atoms with Gasteiger partial charge in [-0.2, -0.15) is 10.5 Å². The quantitative estimate of drug-likeness (QED) is 0.354. The SMILES string of the molecule is N#CNC1=NC(c2ccc(OCCn3ccnc3)cc2)c2c(nc(N)c(C#N)c2N)N1. The number of aromatic nitrogens is 3.